The van der Waals surface area contributed by atoms with Gasteiger partial charge in [-0.15, -0.1) is 11.3 Å². The Kier molecular flexibility index (Phi) is 5.09. The second-order valence-electron chi connectivity index (χ2n) is 7.89. The molecule has 1 aliphatic rings. The smallest absolute Gasteiger partial charge is 0.255 e. The van der Waals surface area contributed by atoms with Gasteiger partial charge in [-0.1, -0.05) is 6.07 Å². The molecule has 0 aliphatic carbocycles. The first-order valence-corrected chi connectivity index (χ1v) is 11.3. The van der Waals surface area contributed by atoms with Crippen LogP contribution in [0.25, 0.3) is 21.6 Å². The minimum atomic E-state index is -0.00765. The molecule has 1 aromatic carbocycles. The number of nitrogens with zero attached hydrogens (tertiary/aromatic N) is 4. The summed E-state index contributed by atoms with van der Waals surface area (Å²) in [5.41, 5.74) is 5.23. The van der Waals surface area contributed by atoms with E-state index in [1.54, 1.807) is 30.2 Å². The molecule has 0 fully saturated rings. The molecule has 0 saturated carbocycles. The van der Waals surface area contributed by atoms with Crippen molar-refractivity contribution in [3.63, 3.8) is 0 Å². The fourth-order valence-electron chi connectivity index (χ4n) is 4.39. The number of amides is 1. The van der Waals surface area contributed by atoms with Crippen LogP contribution in [0.3, 0.4) is 0 Å². The van der Waals surface area contributed by atoms with Crippen molar-refractivity contribution in [3.8, 4) is 22.1 Å². The first-order valence-electron chi connectivity index (χ1n) is 10.4. The van der Waals surface area contributed by atoms with Gasteiger partial charge >= 0.3 is 0 Å². The molecule has 5 rings (SSSR count). The largest absolute Gasteiger partial charge is 0.493 e. The molecule has 0 bridgehead atoms. The standard InChI is InChI=1S/C24H24N4O3S/c1-14-22-17(12-18(21-6-5-9-32-21)25-23(22)27(2)26-14)24(29)28-8-7-15-10-19(30-3)20(31-4)11-16(15)13-28/h5-6,9-12H,7-8,13H2,1-4H3. The molecular formula is C24H24N4O3S. The van der Waals surface area contributed by atoms with Crippen molar-refractivity contribution in [2.24, 2.45) is 7.05 Å². The number of carbonyl (C=O) groups is 1. The fraction of sp³-hybridized carbons (Fsp3) is 0.292. The molecule has 1 aliphatic heterocycles. The lowest BCUT2D eigenvalue weighted by Gasteiger charge is -2.30. The van der Waals surface area contributed by atoms with E-state index in [2.05, 4.69) is 5.10 Å². The summed E-state index contributed by atoms with van der Waals surface area (Å²) < 4.78 is 12.7. The number of rotatable bonds is 4. The molecule has 32 heavy (non-hydrogen) atoms. The van der Waals surface area contributed by atoms with Gasteiger partial charge in [-0.3, -0.25) is 9.48 Å². The number of benzene rings is 1. The topological polar surface area (TPSA) is 69.5 Å². The normalized spacial score (nSPS) is 13.3. The summed E-state index contributed by atoms with van der Waals surface area (Å²) in [5.74, 6) is 1.38. The molecular weight excluding hydrogens is 424 g/mol. The lowest BCUT2D eigenvalue weighted by atomic mass is 9.97. The molecule has 8 heteroatoms. The number of aryl methyl sites for hydroxylation is 2. The van der Waals surface area contributed by atoms with E-state index in [1.165, 1.54) is 5.56 Å². The number of ether oxygens (including phenoxy) is 2. The van der Waals surface area contributed by atoms with E-state index in [-0.39, 0.29) is 5.91 Å². The van der Waals surface area contributed by atoms with Crippen molar-refractivity contribution in [2.45, 2.75) is 19.9 Å². The van der Waals surface area contributed by atoms with Crippen LogP contribution in [0.2, 0.25) is 0 Å². The summed E-state index contributed by atoms with van der Waals surface area (Å²) in [6.45, 7) is 3.08. The predicted octanol–water partition coefficient (Wildman–Crippen LogP) is 4.22. The maximum Gasteiger partial charge on any atom is 0.255 e. The van der Waals surface area contributed by atoms with Crippen LogP contribution in [0.1, 0.15) is 27.2 Å². The Morgan fingerprint density at radius 1 is 1.12 bits per heavy atom. The third-order valence-corrected chi connectivity index (χ3v) is 6.87. The molecule has 0 N–H and O–H groups in total. The van der Waals surface area contributed by atoms with Crippen LogP contribution in [0.5, 0.6) is 11.5 Å². The molecule has 7 nitrogen and oxygen atoms in total. The lowest BCUT2D eigenvalue weighted by Crippen LogP contribution is -2.36. The average Bonchev–Trinajstić information content (AvgIpc) is 3.45. The van der Waals surface area contributed by atoms with Crippen molar-refractivity contribution in [2.75, 3.05) is 20.8 Å². The lowest BCUT2D eigenvalue weighted by molar-refractivity contribution is 0.0736. The van der Waals surface area contributed by atoms with Crippen molar-refractivity contribution < 1.29 is 14.3 Å². The van der Waals surface area contributed by atoms with Gasteiger partial charge < -0.3 is 14.4 Å². The highest BCUT2D eigenvalue weighted by Gasteiger charge is 2.27. The first-order chi connectivity index (χ1) is 15.5. The maximum absolute atomic E-state index is 13.8. The molecule has 4 heterocycles. The average molecular weight is 449 g/mol. The number of hydrogen-bond acceptors (Lipinski definition) is 6. The highest BCUT2D eigenvalue weighted by Crippen LogP contribution is 2.35. The highest BCUT2D eigenvalue weighted by atomic mass is 32.1. The second kappa shape index (κ2) is 7.94. The monoisotopic (exact) mass is 448 g/mol. The Morgan fingerprint density at radius 2 is 1.88 bits per heavy atom. The Bertz CT molecular complexity index is 1330. The number of hydrogen-bond donors (Lipinski definition) is 0. The quantitative estimate of drug-likeness (QED) is 0.468. The Labute approximate surface area is 190 Å². The molecule has 0 unspecified atom stereocenters. The van der Waals surface area contributed by atoms with Crippen molar-refractivity contribution in [1.82, 2.24) is 19.7 Å². The summed E-state index contributed by atoms with van der Waals surface area (Å²) in [7, 11) is 5.13. The molecule has 1 amide bonds. The van der Waals surface area contributed by atoms with Gasteiger partial charge in [0.1, 0.15) is 0 Å². The number of methoxy groups -OCH3 is 2. The van der Waals surface area contributed by atoms with E-state index in [9.17, 15) is 4.79 Å². The zero-order chi connectivity index (χ0) is 22.4. The van der Waals surface area contributed by atoms with Gasteiger partial charge in [0, 0.05) is 20.1 Å². The van der Waals surface area contributed by atoms with E-state index in [1.807, 2.05) is 54.6 Å². The van der Waals surface area contributed by atoms with E-state index >= 15 is 0 Å². The number of fused-ring (bicyclic) bond motifs is 2. The molecule has 4 aromatic rings. The van der Waals surface area contributed by atoms with E-state index in [0.29, 0.717) is 30.2 Å². The van der Waals surface area contributed by atoms with Crippen LogP contribution in [0.15, 0.2) is 35.7 Å². The predicted molar refractivity (Wildman–Crippen MR) is 125 cm³/mol. The van der Waals surface area contributed by atoms with Gasteiger partial charge in [0.05, 0.1) is 41.4 Å². The molecule has 0 saturated heterocycles. The fourth-order valence-corrected chi connectivity index (χ4v) is 5.08. The SMILES string of the molecule is COc1cc2c(cc1OC)CN(C(=O)c1cc(-c3cccs3)nc3c1c(C)nn3C)CC2. The molecule has 0 spiro atoms. The minimum absolute atomic E-state index is 0.00765. The van der Waals surface area contributed by atoms with Crippen molar-refractivity contribution in [3.05, 3.63) is 58.1 Å². The molecule has 0 atom stereocenters. The van der Waals surface area contributed by atoms with Gasteiger partial charge in [-0.25, -0.2) is 4.98 Å². The minimum Gasteiger partial charge on any atom is -0.493 e. The maximum atomic E-state index is 13.8. The van der Waals surface area contributed by atoms with Crippen LogP contribution >= 0.6 is 11.3 Å². The van der Waals surface area contributed by atoms with E-state index in [0.717, 1.165) is 39.3 Å². The Hall–Kier alpha value is -3.39. The third kappa shape index (κ3) is 3.31. The van der Waals surface area contributed by atoms with E-state index < -0.39 is 0 Å². The van der Waals surface area contributed by atoms with Gasteiger partial charge in [-0.05, 0) is 54.1 Å². The zero-order valence-electron chi connectivity index (χ0n) is 18.5. The summed E-state index contributed by atoms with van der Waals surface area (Å²) in [6, 6.07) is 9.91. The molecule has 164 valence electrons. The van der Waals surface area contributed by atoms with E-state index in [4.69, 9.17) is 14.5 Å². The van der Waals surface area contributed by atoms with Crippen LogP contribution in [0, 0.1) is 6.92 Å². The molecule has 0 radical (unpaired) electrons. The summed E-state index contributed by atoms with van der Waals surface area (Å²) >= 11 is 1.61. The first kappa shape index (κ1) is 20.5. The number of thiophene rings is 1. The number of pyridine rings is 1. The van der Waals surface area contributed by atoms with Gasteiger partial charge in [0.15, 0.2) is 17.1 Å². The second-order valence-corrected chi connectivity index (χ2v) is 8.84. The summed E-state index contributed by atoms with van der Waals surface area (Å²) in [6.07, 6.45) is 0.763. The van der Waals surface area contributed by atoms with Gasteiger partial charge in [0.2, 0.25) is 0 Å². The number of aromatic nitrogens is 3. The third-order valence-electron chi connectivity index (χ3n) is 5.98. The van der Waals surface area contributed by atoms with Crippen molar-refractivity contribution >= 4 is 28.3 Å². The highest BCUT2D eigenvalue weighted by molar-refractivity contribution is 7.13. The van der Waals surface area contributed by atoms with Crippen LogP contribution < -0.4 is 9.47 Å². The van der Waals surface area contributed by atoms with Gasteiger partial charge in [0.25, 0.3) is 5.91 Å². The van der Waals surface area contributed by atoms with Crippen molar-refractivity contribution in [1.29, 1.82) is 0 Å². The van der Waals surface area contributed by atoms with Gasteiger partial charge in [-0.2, -0.15) is 5.10 Å². The summed E-state index contributed by atoms with van der Waals surface area (Å²) in [5, 5.41) is 7.36. The Balaban J connectivity index is 1.57. The molecule has 3 aromatic heterocycles. The summed E-state index contributed by atoms with van der Waals surface area (Å²) in [4.78, 5) is 21.5. The van der Waals surface area contributed by atoms with Crippen LogP contribution in [-0.4, -0.2) is 46.3 Å². The number of carbonyl (C=O) groups excluding carboxylic acids is 1. The van der Waals surface area contributed by atoms with Crippen LogP contribution in [0.4, 0.5) is 0 Å². The Morgan fingerprint density at radius 3 is 2.56 bits per heavy atom. The van der Waals surface area contributed by atoms with Crippen LogP contribution in [-0.2, 0) is 20.0 Å². The zero-order valence-corrected chi connectivity index (χ0v) is 19.3.